The normalized spacial score (nSPS) is 10.2. The van der Waals surface area contributed by atoms with Gasteiger partial charge in [0.05, 0.1) is 12.8 Å². The Balaban J connectivity index is 0.000000211. The molecule has 4 heteroatoms. The van der Waals surface area contributed by atoms with E-state index in [9.17, 15) is 19.2 Å². The van der Waals surface area contributed by atoms with Gasteiger partial charge in [-0.3, -0.25) is 19.2 Å². The Labute approximate surface area is 224 Å². The Hall–Kier alpha value is -4.44. The van der Waals surface area contributed by atoms with Crippen molar-refractivity contribution in [3.63, 3.8) is 0 Å². The molecule has 4 nitrogen and oxygen atoms in total. The molecule has 4 rings (SSSR count). The quantitative estimate of drug-likeness (QED) is 0.184. The maximum atomic E-state index is 12.2. The van der Waals surface area contributed by atoms with Gasteiger partial charge in [-0.25, -0.2) is 0 Å². The number of ketones is 4. The van der Waals surface area contributed by atoms with Gasteiger partial charge in [0.25, 0.3) is 0 Å². The van der Waals surface area contributed by atoms with Crippen LogP contribution in [-0.2, 0) is 0 Å². The van der Waals surface area contributed by atoms with Gasteiger partial charge < -0.3 is 0 Å². The zero-order chi connectivity index (χ0) is 27.7. The van der Waals surface area contributed by atoms with Crippen LogP contribution in [0.1, 0.15) is 76.5 Å². The summed E-state index contributed by atoms with van der Waals surface area (Å²) in [5.41, 5.74) is 6.42. The molecular weight excluding hydrogens is 472 g/mol. The summed E-state index contributed by atoms with van der Waals surface area (Å²) in [4.78, 5) is 48.3. The van der Waals surface area contributed by atoms with E-state index < -0.39 is 0 Å². The van der Waals surface area contributed by atoms with Gasteiger partial charge in [0.15, 0.2) is 23.1 Å². The summed E-state index contributed by atoms with van der Waals surface area (Å²) < 4.78 is 0. The van der Waals surface area contributed by atoms with Crippen LogP contribution >= 0.6 is 0 Å². The summed E-state index contributed by atoms with van der Waals surface area (Å²) in [6.07, 6.45) is -0.151. The van der Waals surface area contributed by atoms with Crippen LogP contribution in [0.5, 0.6) is 0 Å². The van der Waals surface area contributed by atoms with Crippen molar-refractivity contribution in [3.05, 3.63) is 142 Å². The van der Waals surface area contributed by atoms with Gasteiger partial charge in [0, 0.05) is 22.3 Å². The SMILES string of the molecule is Cc1ccc(C(=O)CC(=O)c2ccccc2)c(C)c1.Cc1ccc(C)c(C(=O)CC(=O)c2ccccc2)c1. The van der Waals surface area contributed by atoms with E-state index in [1.807, 2.05) is 70.2 Å². The lowest BCUT2D eigenvalue weighted by Gasteiger charge is -2.06. The van der Waals surface area contributed by atoms with Crippen molar-refractivity contribution < 1.29 is 19.2 Å². The predicted molar refractivity (Wildman–Crippen MR) is 151 cm³/mol. The zero-order valence-corrected chi connectivity index (χ0v) is 22.3. The summed E-state index contributed by atoms with van der Waals surface area (Å²) in [6.45, 7) is 7.71. The first-order valence-corrected chi connectivity index (χ1v) is 12.5. The van der Waals surface area contributed by atoms with Crippen LogP contribution in [-0.4, -0.2) is 23.1 Å². The summed E-state index contributed by atoms with van der Waals surface area (Å²) >= 11 is 0. The van der Waals surface area contributed by atoms with Crippen LogP contribution < -0.4 is 0 Å². The topological polar surface area (TPSA) is 68.3 Å². The molecule has 0 aromatic heterocycles. The van der Waals surface area contributed by atoms with Crippen molar-refractivity contribution in [2.75, 3.05) is 0 Å². The fraction of sp³-hybridized carbons (Fsp3) is 0.176. The standard InChI is InChI=1S/2C17H16O2/c1-12-8-9-15(13(2)10-12)17(19)11-16(18)14-6-4-3-5-7-14;1-12-8-9-13(2)15(10-12)17(19)11-16(18)14-6-4-3-5-7-14/h2*3-10H,11H2,1-2H3. The molecule has 0 fully saturated rings. The van der Waals surface area contributed by atoms with Gasteiger partial charge in [-0.1, -0.05) is 102 Å². The van der Waals surface area contributed by atoms with E-state index in [-0.39, 0.29) is 36.0 Å². The fourth-order valence-corrected chi connectivity index (χ4v) is 4.10. The van der Waals surface area contributed by atoms with E-state index >= 15 is 0 Å². The largest absolute Gasteiger partial charge is 0.294 e. The smallest absolute Gasteiger partial charge is 0.170 e. The van der Waals surface area contributed by atoms with Crippen molar-refractivity contribution in [1.29, 1.82) is 0 Å². The maximum Gasteiger partial charge on any atom is 0.170 e. The van der Waals surface area contributed by atoms with Crippen LogP contribution in [0.4, 0.5) is 0 Å². The minimum Gasteiger partial charge on any atom is -0.294 e. The van der Waals surface area contributed by atoms with Crippen LogP contribution in [0.3, 0.4) is 0 Å². The minimum atomic E-state index is -0.134. The molecule has 0 radical (unpaired) electrons. The molecule has 0 spiro atoms. The molecule has 0 saturated carbocycles. The number of hydrogen-bond acceptors (Lipinski definition) is 4. The molecule has 192 valence electrons. The third-order valence-corrected chi connectivity index (χ3v) is 6.21. The molecule has 0 heterocycles. The monoisotopic (exact) mass is 504 g/mol. The molecular formula is C34H32O4. The third kappa shape index (κ3) is 7.78. The second-order valence-electron chi connectivity index (χ2n) is 9.42. The molecule has 0 aliphatic heterocycles. The van der Waals surface area contributed by atoms with Crippen LogP contribution in [0.15, 0.2) is 97.1 Å². The van der Waals surface area contributed by atoms with Gasteiger partial charge in [-0.2, -0.15) is 0 Å². The summed E-state index contributed by atoms with van der Waals surface area (Å²) in [5, 5.41) is 0. The average Bonchev–Trinajstić information content (AvgIpc) is 2.91. The highest BCUT2D eigenvalue weighted by molar-refractivity contribution is 6.14. The highest BCUT2D eigenvalue weighted by atomic mass is 16.2. The van der Waals surface area contributed by atoms with E-state index in [1.165, 1.54) is 0 Å². The summed E-state index contributed by atoms with van der Waals surface area (Å²) in [5.74, 6) is -0.501. The van der Waals surface area contributed by atoms with E-state index in [0.717, 1.165) is 22.3 Å². The zero-order valence-electron chi connectivity index (χ0n) is 22.3. The van der Waals surface area contributed by atoms with Crippen molar-refractivity contribution in [1.82, 2.24) is 0 Å². The van der Waals surface area contributed by atoms with Crippen LogP contribution in [0.25, 0.3) is 0 Å². The van der Waals surface area contributed by atoms with Gasteiger partial charge in [0.1, 0.15) is 0 Å². The van der Waals surface area contributed by atoms with E-state index in [4.69, 9.17) is 0 Å². The van der Waals surface area contributed by atoms with Gasteiger partial charge in [-0.15, -0.1) is 0 Å². The molecule has 0 aliphatic rings. The molecule has 38 heavy (non-hydrogen) atoms. The molecule has 0 atom stereocenters. The first kappa shape index (κ1) is 28.1. The molecule has 0 bridgehead atoms. The Morgan fingerprint density at radius 2 is 0.895 bits per heavy atom. The lowest BCUT2D eigenvalue weighted by molar-refractivity contribution is 0.0877. The Morgan fingerprint density at radius 3 is 1.39 bits per heavy atom. The number of rotatable bonds is 8. The van der Waals surface area contributed by atoms with Crippen molar-refractivity contribution in [2.45, 2.75) is 40.5 Å². The lowest BCUT2D eigenvalue weighted by atomic mass is 9.97. The number of hydrogen-bond donors (Lipinski definition) is 0. The first-order valence-electron chi connectivity index (χ1n) is 12.5. The number of aryl methyl sites for hydroxylation is 4. The third-order valence-electron chi connectivity index (χ3n) is 6.21. The maximum absolute atomic E-state index is 12.2. The van der Waals surface area contributed by atoms with Gasteiger partial charge in [-0.05, 0) is 44.9 Å². The molecule has 0 amide bonds. The summed E-state index contributed by atoms with van der Waals surface area (Å²) in [6, 6.07) is 29.2. The molecule has 0 N–H and O–H groups in total. The van der Waals surface area contributed by atoms with Crippen molar-refractivity contribution in [3.8, 4) is 0 Å². The molecule has 4 aromatic rings. The van der Waals surface area contributed by atoms with Crippen LogP contribution in [0, 0.1) is 27.7 Å². The van der Waals surface area contributed by atoms with E-state index in [1.54, 1.807) is 54.6 Å². The lowest BCUT2D eigenvalue weighted by Crippen LogP contribution is -2.10. The number of carbonyl (C=O) groups excluding carboxylic acids is 4. The number of benzene rings is 4. The van der Waals surface area contributed by atoms with E-state index in [0.29, 0.717) is 22.3 Å². The Morgan fingerprint density at radius 1 is 0.447 bits per heavy atom. The second-order valence-corrected chi connectivity index (χ2v) is 9.42. The Kier molecular flexibility index (Phi) is 9.78. The number of carbonyl (C=O) groups is 4. The molecule has 0 aliphatic carbocycles. The highest BCUT2D eigenvalue weighted by Crippen LogP contribution is 2.16. The first-order chi connectivity index (χ1) is 18.2. The average molecular weight is 505 g/mol. The Bertz CT molecular complexity index is 1450. The second kappa shape index (κ2) is 13.2. The van der Waals surface area contributed by atoms with E-state index in [2.05, 4.69) is 0 Å². The van der Waals surface area contributed by atoms with Gasteiger partial charge in [0.2, 0.25) is 0 Å². The molecule has 4 aromatic carbocycles. The van der Waals surface area contributed by atoms with Crippen molar-refractivity contribution >= 4 is 23.1 Å². The van der Waals surface area contributed by atoms with Crippen LogP contribution in [0.2, 0.25) is 0 Å². The predicted octanol–water partition coefficient (Wildman–Crippen LogP) is 7.52. The van der Waals surface area contributed by atoms with Crippen molar-refractivity contribution in [2.24, 2.45) is 0 Å². The minimum absolute atomic E-state index is 0.0751. The molecule has 0 saturated heterocycles. The fourth-order valence-electron chi connectivity index (χ4n) is 4.10. The highest BCUT2D eigenvalue weighted by Gasteiger charge is 2.16. The molecule has 0 unspecified atom stereocenters. The van der Waals surface area contributed by atoms with Gasteiger partial charge >= 0.3 is 0 Å². The number of Topliss-reactive ketones (excluding diaryl/α,β-unsaturated/α-hetero) is 4. The summed E-state index contributed by atoms with van der Waals surface area (Å²) in [7, 11) is 0.